The third-order valence-electron chi connectivity index (χ3n) is 1.67. The molecule has 0 saturated heterocycles. The molecule has 0 bridgehead atoms. The van der Waals surface area contributed by atoms with Gasteiger partial charge in [-0.05, 0) is 0 Å². The molecule has 0 amide bonds. The van der Waals surface area contributed by atoms with E-state index < -0.39 is 10.5 Å². The summed E-state index contributed by atoms with van der Waals surface area (Å²) in [4.78, 5) is 0. The van der Waals surface area contributed by atoms with Crippen molar-refractivity contribution in [1.29, 1.82) is 0 Å². The van der Waals surface area contributed by atoms with Gasteiger partial charge < -0.3 is 0 Å². The second-order valence-electron chi connectivity index (χ2n) is 2.96. The SMILES string of the molecule is Cc1cccc(C)c1[N]=[W]([Cl])([Cl])([Cl])[Cl]. The van der Waals surface area contributed by atoms with Gasteiger partial charge in [0.25, 0.3) is 0 Å². The van der Waals surface area contributed by atoms with Crippen LogP contribution in [0.3, 0.4) is 0 Å². The van der Waals surface area contributed by atoms with Crippen LogP contribution in [0.5, 0.6) is 0 Å². The van der Waals surface area contributed by atoms with E-state index in [-0.39, 0.29) is 0 Å². The van der Waals surface area contributed by atoms with E-state index in [9.17, 15) is 0 Å². The van der Waals surface area contributed by atoms with E-state index in [0.717, 1.165) is 11.1 Å². The van der Waals surface area contributed by atoms with Gasteiger partial charge in [0.1, 0.15) is 0 Å². The van der Waals surface area contributed by atoms with Crippen molar-refractivity contribution in [3.05, 3.63) is 29.3 Å². The minimum absolute atomic E-state index is 0.701. The first-order valence-corrected chi connectivity index (χ1v) is 19.6. The Balaban J connectivity index is 3.44. The average molecular weight is 445 g/mol. The molecule has 0 heterocycles. The number of halogens is 4. The number of nitrogens with zero attached hydrogens (tertiary/aromatic N) is 1. The van der Waals surface area contributed by atoms with Crippen molar-refractivity contribution in [3.8, 4) is 0 Å². The van der Waals surface area contributed by atoms with Crippen LogP contribution in [0, 0.1) is 13.8 Å². The van der Waals surface area contributed by atoms with Crippen molar-refractivity contribution < 1.29 is 10.5 Å². The summed E-state index contributed by atoms with van der Waals surface area (Å²) in [6, 6.07) is 5.75. The van der Waals surface area contributed by atoms with Crippen molar-refractivity contribution >= 4 is 43.4 Å². The van der Waals surface area contributed by atoms with Crippen LogP contribution in [0.1, 0.15) is 11.1 Å². The molecule has 0 unspecified atom stereocenters. The molecule has 1 rings (SSSR count). The van der Waals surface area contributed by atoms with Gasteiger partial charge >= 0.3 is 100 Å². The Labute approximate surface area is 99.7 Å². The molecule has 0 aromatic heterocycles. The Morgan fingerprint density at radius 3 is 1.79 bits per heavy atom. The van der Waals surface area contributed by atoms with Crippen molar-refractivity contribution in [1.82, 2.24) is 0 Å². The van der Waals surface area contributed by atoms with Crippen LogP contribution >= 0.6 is 37.7 Å². The van der Waals surface area contributed by atoms with Gasteiger partial charge in [0, 0.05) is 0 Å². The summed E-state index contributed by atoms with van der Waals surface area (Å²) in [6.07, 6.45) is 0. The number of benzene rings is 1. The first kappa shape index (κ1) is 12.9. The molecule has 0 aliphatic rings. The fraction of sp³-hybridized carbons (Fsp3) is 0.250. The molecule has 14 heavy (non-hydrogen) atoms. The topological polar surface area (TPSA) is 12.4 Å². The molecule has 1 aromatic carbocycles. The molecular formula is C8H9Cl4NW. The molecule has 6 heteroatoms. The Morgan fingerprint density at radius 2 is 1.43 bits per heavy atom. The number of rotatable bonds is 1. The summed E-state index contributed by atoms with van der Waals surface area (Å²) < 4.78 is 4.09. The van der Waals surface area contributed by atoms with Crippen LogP contribution in [-0.2, 0) is 10.5 Å². The van der Waals surface area contributed by atoms with Crippen LogP contribution in [-0.4, -0.2) is 0 Å². The van der Waals surface area contributed by atoms with Gasteiger partial charge in [-0.15, -0.1) is 0 Å². The molecule has 0 saturated carbocycles. The molecule has 1 nitrogen and oxygen atoms in total. The standard InChI is InChI=1S/C8H9N.4ClH.W/c1-6-4-3-5-7(2)8(6)9;;;;;/h3-5H,1-2H3;4*1H;/q;;;;;+4/p-4. The average Bonchev–Trinajstić information content (AvgIpc) is 1.94. The van der Waals surface area contributed by atoms with Crippen molar-refractivity contribution in [2.45, 2.75) is 13.8 Å². The molecular weight excluding hydrogens is 436 g/mol. The summed E-state index contributed by atoms with van der Waals surface area (Å²) in [5, 5.41) is 0. The Morgan fingerprint density at radius 1 is 1.00 bits per heavy atom. The van der Waals surface area contributed by atoms with Gasteiger partial charge in [0.05, 0.1) is 0 Å². The van der Waals surface area contributed by atoms with Gasteiger partial charge in [-0.3, -0.25) is 0 Å². The van der Waals surface area contributed by atoms with E-state index in [1.165, 1.54) is 0 Å². The number of aryl methyl sites for hydroxylation is 2. The van der Waals surface area contributed by atoms with Crippen LogP contribution in [0.25, 0.3) is 0 Å². The molecule has 1 aromatic rings. The fourth-order valence-corrected chi connectivity index (χ4v) is 5.37. The number of hydrogen-bond acceptors (Lipinski definition) is 1. The van der Waals surface area contributed by atoms with E-state index in [4.69, 9.17) is 37.7 Å². The zero-order valence-corrected chi connectivity index (χ0v) is 13.6. The van der Waals surface area contributed by atoms with Crippen molar-refractivity contribution in [2.75, 3.05) is 0 Å². The fourth-order valence-electron chi connectivity index (χ4n) is 1.09. The predicted octanol–water partition coefficient (Wildman–Crippen LogP) is 5.42. The predicted molar refractivity (Wildman–Crippen MR) is 61.4 cm³/mol. The summed E-state index contributed by atoms with van der Waals surface area (Å²) in [5.74, 6) is 0. The molecule has 0 aliphatic carbocycles. The van der Waals surface area contributed by atoms with Gasteiger partial charge in [0.15, 0.2) is 0 Å². The van der Waals surface area contributed by atoms with Crippen LogP contribution in [0.4, 0.5) is 5.69 Å². The third-order valence-corrected chi connectivity index (χ3v) is 5.58. The zero-order chi connectivity index (χ0) is 11.0. The van der Waals surface area contributed by atoms with Gasteiger partial charge in [-0.25, -0.2) is 0 Å². The van der Waals surface area contributed by atoms with Gasteiger partial charge in [-0.1, -0.05) is 0 Å². The molecule has 0 N–H and O–H groups in total. The van der Waals surface area contributed by atoms with Crippen LogP contribution in [0.15, 0.2) is 21.7 Å². The summed E-state index contributed by atoms with van der Waals surface area (Å²) >= 11 is 0. The minimum atomic E-state index is -4.74. The van der Waals surface area contributed by atoms with Crippen LogP contribution in [0.2, 0.25) is 0 Å². The van der Waals surface area contributed by atoms with Gasteiger partial charge in [0.2, 0.25) is 0 Å². The summed E-state index contributed by atoms with van der Waals surface area (Å²) in [6.45, 7) is 3.82. The number of hydrogen-bond donors (Lipinski definition) is 0. The summed E-state index contributed by atoms with van der Waals surface area (Å²) in [7, 11) is 18.5. The summed E-state index contributed by atoms with van der Waals surface area (Å²) in [5.41, 5.74) is 2.63. The van der Waals surface area contributed by atoms with E-state index in [1.54, 1.807) is 0 Å². The molecule has 0 atom stereocenters. The molecule has 0 radical (unpaired) electrons. The maximum absolute atomic E-state index is 5.80. The second kappa shape index (κ2) is 4.03. The molecule has 0 fully saturated rings. The quantitative estimate of drug-likeness (QED) is 0.548. The van der Waals surface area contributed by atoms with Crippen LogP contribution < -0.4 is 0 Å². The Kier molecular flexibility index (Phi) is 3.72. The Hall–Kier alpha value is 0.868. The van der Waals surface area contributed by atoms with E-state index in [1.807, 2.05) is 32.0 Å². The van der Waals surface area contributed by atoms with E-state index in [0.29, 0.717) is 5.69 Å². The normalized spacial score (nSPS) is 14.6. The maximum atomic E-state index is 5.80. The first-order valence-electron chi connectivity index (χ1n) is 3.77. The van der Waals surface area contributed by atoms with Crippen molar-refractivity contribution in [2.24, 2.45) is 3.50 Å². The van der Waals surface area contributed by atoms with E-state index >= 15 is 0 Å². The Bertz CT molecular complexity index is 391. The molecule has 0 aliphatic heterocycles. The first-order chi connectivity index (χ1) is 6.15. The zero-order valence-electron chi connectivity index (χ0n) is 7.60. The van der Waals surface area contributed by atoms with Crippen molar-refractivity contribution in [3.63, 3.8) is 0 Å². The van der Waals surface area contributed by atoms with Gasteiger partial charge in [-0.2, -0.15) is 0 Å². The van der Waals surface area contributed by atoms with E-state index in [2.05, 4.69) is 3.50 Å². The monoisotopic (exact) mass is 443 g/mol. The second-order valence-corrected chi connectivity index (χ2v) is 35.5. The third kappa shape index (κ3) is 4.16. The molecule has 0 spiro atoms. The molecule has 80 valence electrons.